The highest BCUT2D eigenvalue weighted by Crippen LogP contribution is 2.21. The summed E-state index contributed by atoms with van der Waals surface area (Å²) in [7, 11) is -3.72. The third-order valence-electron chi connectivity index (χ3n) is 5.07. The van der Waals surface area contributed by atoms with Crippen molar-refractivity contribution in [1.82, 2.24) is 10.2 Å². The Morgan fingerprint density at radius 1 is 1.06 bits per heavy atom. The van der Waals surface area contributed by atoms with Crippen LogP contribution in [0.25, 0.3) is 0 Å². The number of aryl methyl sites for hydroxylation is 1. The van der Waals surface area contributed by atoms with Crippen LogP contribution in [0.4, 0.5) is 5.69 Å². The summed E-state index contributed by atoms with van der Waals surface area (Å²) in [6.07, 6.45) is 1.89. The van der Waals surface area contributed by atoms with E-state index in [2.05, 4.69) is 21.2 Å². The van der Waals surface area contributed by atoms with Crippen LogP contribution in [-0.4, -0.2) is 50.5 Å². The van der Waals surface area contributed by atoms with E-state index in [4.69, 9.17) is 0 Å². The molecule has 0 fully saturated rings. The fraction of sp³-hybridized carbons (Fsp3) is 0.391. The number of hydrogen-bond acceptors (Lipinski definition) is 4. The first-order valence-corrected chi connectivity index (χ1v) is 13.1. The number of amides is 2. The number of rotatable bonds is 10. The van der Waals surface area contributed by atoms with Crippen LogP contribution in [0.3, 0.4) is 0 Å². The molecule has 32 heavy (non-hydrogen) atoms. The maximum atomic E-state index is 13.4. The molecule has 2 amide bonds. The summed E-state index contributed by atoms with van der Waals surface area (Å²) >= 11 is 3.42. The topological polar surface area (TPSA) is 86.8 Å². The summed E-state index contributed by atoms with van der Waals surface area (Å²) in [6, 6.07) is 13.7. The quantitative estimate of drug-likeness (QED) is 0.517. The van der Waals surface area contributed by atoms with Crippen LogP contribution in [0.15, 0.2) is 53.0 Å². The van der Waals surface area contributed by atoms with Gasteiger partial charge in [-0.25, -0.2) is 8.42 Å². The molecule has 0 aliphatic rings. The van der Waals surface area contributed by atoms with Crippen molar-refractivity contribution in [3.05, 3.63) is 64.1 Å². The second-order valence-corrected chi connectivity index (χ2v) is 10.3. The Kier molecular flexibility index (Phi) is 9.27. The fourth-order valence-corrected chi connectivity index (χ4v) is 4.54. The normalized spacial score (nSPS) is 12.2. The maximum Gasteiger partial charge on any atom is 0.244 e. The van der Waals surface area contributed by atoms with Gasteiger partial charge in [0.1, 0.15) is 12.6 Å². The van der Waals surface area contributed by atoms with Crippen molar-refractivity contribution in [1.29, 1.82) is 0 Å². The molecular formula is C23H30BrN3O4S. The van der Waals surface area contributed by atoms with Crippen molar-refractivity contribution >= 4 is 43.5 Å². The average molecular weight is 524 g/mol. The van der Waals surface area contributed by atoms with Gasteiger partial charge in [-0.05, 0) is 55.7 Å². The highest BCUT2D eigenvalue weighted by Gasteiger charge is 2.29. The molecule has 0 bridgehead atoms. The zero-order valence-electron chi connectivity index (χ0n) is 18.8. The third-order valence-corrected chi connectivity index (χ3v) is 6.71. The Bertz CT molecular complexity index is 1040. The summed E-state index contributed by atoms with van der Waals surface area (Å²) in [5, 5.41) is 2.73. The maximum absolute atomic E-state index is 13.4. The van der Waals surface area contributed by atoms with E-state index < -0.39 is 28.5 Å². The highest BCUT2D eigenvalue weighted by atomic mass is 79.9. The van der Waals surface area contributed by atoms with Gasteiger partial charge in [-0.1, -0.05) is 47.1 Å². The molecule has 0 heterocycles. The second-order valence-electron chi connectivity index (χ2n) is 7.51. The first-order chi connectivity index (χ1) is 15.1. The van der Waals surface area contributed by atoms with E-state index in [0.29, 0.717) is 12.2 Å². The molecule has 0 aromatic heterocycles. The fourth-order valence-electron chi connectivity index (χ4n) is 3.25. The average Bonchev–Trinajstić information content (AvgIpc) is 2.74. The van der Waals surface area contributed by atoms with E-state index in [9.17, 15) is 18.0 Å². The standard InChI is InChI=1S/C23H30BrN3O4S/c1-5-18-10-12-21(13-11-18)27(32(4,30)31)16-22(28)26(17(3)23(29)25-6-2)15-19-8-7-9-20(24)14-19/h7-14,17H,5-6,15-16H2,1-4H3,(H,25,29)/t17-/m1/s1. The molecule has 2 aromatic rings. The number of hydrogen-bond donors (Lipinski definition) is 1. The van der Waals surface area contributed by atoms with Crippen molar-refractivity contribution in [2.45, 2.75) is 39.8 Å². The summed E-state index contributed by atoms with van der Waals surface area (Å²) in [5.74, 6) is -0.761. The van der Waals surface area contributed by atoms with Crippen molar-refractivity contribution < 1.29 is 18.0 Å². The van der Waals surface area contributed by atoms with Crippen molar-refractivity contribution in [3.63, 3.8) is 0 Å². The van der Waals surface area contributed by atoms with Crippen LogP contribution in [0.2, 0.25) is 0 Å². The van der Waals surface area contributed by atoms with Gasteiger partial charge in [0, 0.05) is 17.6 Å². The van der Waals surface area contributed by atoms with E-state index in [0.717, 1.165) is 32.6 Å². The number of anilines is 1. The lowest BCUT2D eigenvalue weighted by molar-refractivity contribution is -0.139. The number of nitrogens with zero attached hydrogens (tertiary/aromatic N) is 2. The van der Waals surface area contributed by atoms with Crippen molar-refractivity contribution in [2.24, 2.45) is 0 Å². The lowest BCUT2D eigenvalue weighted by Gasteiger charge is -2.31. The molecule has 0 spiro atoms. The second kappa shape index (κ2) is 11.5. The molecule has 9 heteroatoms. The van der Waals surface area contributed by atoms with E-state index in [1.807, 2.05) is 43.3 Å². The smallest absolute Gasteiger partial charge is 0.244 e. The Morgan fingerprint density at radius 3 is 2.25 bits per heavy atom. The van der Waals surface area contributed by atoms with Gasteiger partial charge in [-0.3, -0.25) is 13.9 Å². The Morgan fingerprint density at radius 2 is 1.72 bits per heavy atom. The Labute approximate surface area is 199 Å². The van der Waals surface area contributed by atoms with E-state index >= 15 is 0 Å². The Hall–Kier alpha value is -2.39. The minimum absolute atomic E-state index is 0.170. The van der Waals surface area contributed by atoms with Gasteiger partial charge in [0.25, 0.3) is 0 Å². The molecule has 0 radical (unpaired) electrons. The van der Waals surface area contributed by atoms with Crippen LogP contribution in [0.5, 0.6) is 0 Å². The predicted octanol–water partition coefficient (Wildman–Crippen LogP) is 3.33. The van der Waals surface area contributed by atoms with Gasteiger partial charge < -0.3 is 10.2 Å². The molecule has 7 nitrogen and oxygen atoms in total. The predicted molar refractivity (Wildman–Crippen MR) is 131 cm³/mol. The minimum Gasteiger partial charge on any atom is -0.355 e. The van der Waals surface area contributed by atoms with Gasteiger partial charge in [0.05, 0.1) is 11.9 Å². The zero-order valence-corrected chi connectivity index (χ0v) is 21.2. The number of benzene rings is 2. The number of carbonyl (C=O) groups is 2. The third kappa shape index (κ3) is 7.06. The lowest BCUT2D eigenvalue weighted by atomic mass is 10.1. The van der Waals surface area contributed by atoms with Crippen molar-refractivity contribution in [2.75, 3.05) is 23.7 Å². The number of carbonyl (C=O) groups excluding carboxylic acids is 2. The summed E-state index contributed by atoms with van der Waals surface area (Å²) in [6.45, 7) is 5.65. The van der Waals surface area contributed by atoms with Crippen LogP contribution in [0, 0.1) is 0 Å². The summed E-state index contributed by atoms with van der Waals surface area (Å²) in [5.41, 5.74) is 2.29. The van der Waals surface area contributed by atoms with Crippen molar-refractivity contribution in [3.8, 4) is 0 Å². The first kappa shape index (κ1) is 25.9. The van der Waals surface area contributed by atoms with Crippen LogP contribution < -0.4 is 9.62 Å². The molecule has 0 saturated heterocycles. The number of sulfonamides is 1. The molecule has 0 unspecified atom stereocenters. The molecule has 0 aliphatic carbocycles. The van der Waals surface area contributed by atoms with Gasteiger partial charge in [0.2, 0.25) is 21.8 Å². The summed E-state index contributed by atoms with van der Waals surface area (Å²) in [4.78, 5) is 27.3. The molecule has 0 saturated carbocycles. The van der Waals surface area contributed by atoms with Gasteiger partial charge in [0.15, 0.2) is 0 Å². The Balaban J connectivity index is 2.37. The molecule has 174 valence electrons. The molecule has 1 N–H and O–H groups in total. The number of likely N-dealkylation sites (N-methyl/N-ethyl adjacent to an activating group) is 1. The summed E-state index contributed by atoms with van der Waals surface area (Å²) < 4.78 is 27.0. The lowest BCUT2D eigenvalue weighted by Crippen LogP contribution is -2.51. The minimum atomic E-state index is -3.72. The molecule has 0 aliphatic heterocycles. The monoisotopic (exact) mass is 523 g/mol. The van der Waals surface area contributed by atoms with E-state index in [-0.39, 0.29) is 12.5 Å². The van der Waals surface area contributed by atoms with Crippen LogP contribution in [-0.2, 0) is 32.6 Å². The van der Waals surface area contributed by atoms with Gasteiger partial charge in [-0.15, -0.1) is 0 Å². The number of halogens is 1. The molecule has 2 rings (SSSR count). The van der Waals surface area contributed by atoms with Gasteiger partial charge in [-0.2, -0.15) is 0 Å². The van der Waals surface area contributed by atoms with Crippen LogP contribution in [0.1, 0.15) is 31.9 Å². The molecular weight excluding hydrogens is 494 g/mol. The largest absolute Gasteiger partial charge is 0.355 e. The first-order valence-electron chi connectivity index (χ1n) is 10.4. The number of nitrogens with one attached hydrogen (secondary N) is 1. The van der Waals surface area contributed by atoms with Gasteiger partial charge >= 0.3 is 0 Å². The van der Waals surface area contributed by atoms with Crippen LogP contribution >= 0.6 is 15.9 Å². The highest BCUT2D eigenvalue weighted by molar-refractivity contribution is 9.10. The molecule has 1 atom stereocenters. The SMILES string of the molecule is CCNC(=O)[C@@H](C)N(Cc1cccc(Br)c1)C(=O)CN(c1ccc(CC)cc1)S(C)(=O)=O. The zero-order chi connectivity index (χ0) is 23.9. The van der Waals surface area contributed by atoms with E-state index in [1.165, 1.54) is 4.90 Å². The molecule has 2 aromatic carbocycles. The van der Waals surface area contributed by atoms with E-state index in [1.54, 1.807) is 26.0 Å².